The van der Waals surface area contributed by atoms with Crippen molar-refractivity contribution >= 4 is 5.91 Å². The van der Waals surface area contributed by atoms with Crippen LogP contribution in [-0.4, -0.2) is 57.3 Å². The minimum atomic E-state index is -1.26. The molecule has 6 nitrogen and oxygen atoms in total. The second-order valence-corrected chi connectivity index (χ2v) is 11.5. The molecule has 0 aromatic carbocycles. The van der Waals surface area contributed by atoms with E-state index in [1.54, 1.807) is 0 Å². The van der Waals surface area contributed by atoms with Crippen molar-refractivity contribution in [2.45, 2.75) is 186 Å². The first kappa shape index (κ1) is 38.0. The Morgan fingerprint density at radius 1 is 0.615 bits per heavy atom. The smallest absolute Gasteiger partial charge is 0.249 e. The maximum absolute atomic E-state index is 12.4. The Hall–Kier alpha value is -0.950. The molecule has 0 aliphatic heterocycles. The van der Waals surface area contributed by atoms with E-state index < -0.39 is 36.9 Å². The number of allylic oxidation sites excluding steroid dienone is 2. The highest BCUT2D eigenvalue weighted by Gasteiger charge is 2.28. The van der Waals surface area contributed by atoms with E-state index >= 15 is 0 Å². The summed E-state index contributed by atoms with van der Waals surface area (Å²) in [5.41, 5.74) is 0. The van der Waals surface area contributed by atoms with Gasteiger partial charge in [0.2, 0.25) is 5.91 Å². The number of rotatable bonds is 29. The second kappa shape index (κ2) is 28.6. The number of nitrogens with one attached hydrogen (secondary N) is 1. The lowest BCUT2D eigenvalue weighted by atomic mass is 9.99. The molecule has 4 atom stereocenters. The van der Waals surface area contributed by atoms with Crippen molar-refractivity contribution in [1.29, 1.82) is 0 Å². The van der Waals surface area contributed by atoms with Gasteiger partial charge in [-0.25, -0.2) is 0 Å². The Morgan fingerprint density at radius 2 is 1.03 bits per heavy atom. The van der Waals surface area contributed by atoms with Crippen LogP contribution >= 0.6 is 0 Å². The summed E-state index contributed by atoms with van der Waals surface area (Å²) in [6, 6.07) is -0.986. The number of carbonyl (C=O) groups excluding carboxylic acids is 1. The van der Waals surface area contributed by atoms with Gasteiger partial charge < -0.3 is 25.7 Å². The summed E-state index contributed by atoms with van der Waals surface area (Å²) in [7, 11) is 0. The molecular formula is C33H65NO5. The summed E-state index contributed by atoms with van der Waals surface area (Å²) in [5, 5.41) is 43.2. The lowest BCUT2D eigenvalue weighted by molar-refractivity contribution is -0.132. The molecule has 0 rings (SSSR count). The van der Waals surface area contributed by atoms with Gasteiger partial charge >= 0.3 is 0 Å². The van der Waals surface area contributed by atoms with Gasteiger partial charge in [0.1, 0.15) is 12.2 Å². The van der Waals surface area contributed by atoms with Gasteiger partial charge in [-0.3, -0.25) is 4.79 Å². The molecule has 0 aliphatic carbocycles. The highest BCUT2D eigenvalue weighted by Crippen LogP contribution is 2.15. The van der Waals surface area contributed by atoms with Crippen LogP contribution in [0.25, 0.3) is 0 Å². The van der Waals surface area contributed by atoms with Crippen molar-refractivity contribution in [1.82, 2.24) is 5.32 Å². The summed E-state index contributed by atoms with van der Waals surface area (Å²) < 4.78 is 0. The fourth-order valence-electron chi connectivity index (χ4n) is 4.98. The lowest BCUT2D eigenvalue weighted by Gasteiger charge is -2.27. The summed E-state index contributed by atoms with van der Waals surface area (Å²) >= 11 is 0. The quantitative estimate of drug-likeness (QED) is 0.0499. The first-order valence-electron chi connectivity index (χ1n) is 16.6. The number of hydrogen-bond donors (Lipinski definition) is 5. The number of aliphatic hydroxyl groups excluding tert-OH is 4. The molecule has 0 saturated heterocycles. The van der Waals surface area contributed by atoms with E-state index in [2.05, 4.69) is 31.3 Å². The molecule has 0 radical (unpaired) electrons. The van der Waals surface area contributed by atoms with Crippen LogP contribution in [0.2, 0.25) is 0 Å². The van der Waals surface area contributed by atoms with E-state index in [9.17, 15) is 25.2 Å². The predicted molar refractivity (Wildman–Crippen MR) is 164 cm³/mol. The zero-order chi connectivity index (χ0) is 29.0. The maximum atomic E-state index is 12.4. The highest BCUT2D eigenvalue weighted by atomic mass is 16.3. The molecule has 232 valence electrons. The molecule has 4 unspecified atom stereocenters. The van der Waals surface area contributed by atoms with E-state index in [1.165, 1.54) is 89.9 Å². The van der Waals surface area contributed by atoms with Gasteiger partial charge in [0, 0.05) is 0 Å². The van der Waals surface area contributed by atoms with Gasteiger partial charge in [-0.15, -0.1) is 0 Å². The average molecular weight is 556 g/mol. The largest absolute Gasteiger partial charge is 0.394 e. The SMILES string of the molecule is CCCCCCCC/C=C\CCCCC(O)C(=O)NC(CO)C(O)C(O)CCCCCCCCCCCCC. The average Bonchev–Trinajstić information content (AvgIpc) is 2.94. The lowest BCUT2D eigenvalue weighted by Crippen LogP contribution is -2.53. The van der Waals surface area contributed by atoms with E-state index in [4.69, 9.17) is 0 Å². The second-order valence-electron chi connectivity index (χ2n) is 11.5. The Labute approximate surface area is 241 Å². The maximum Gasteiger partial charge on any atom is 0.249 e. The van der Waals surface area contributed by atoms with Crippen LogP contribution in [0.15, 0.2) is 12.2 Å². The molecule has 0 aromatic heterocycles. The molecule has 0 aliphatic rings. The third-order valence-electron chi connectivity index (χ3n) is 7.73. The van der Waals surface area contributed by atoms with Crippen molar-refractivity contribution in [3.05, 3.63) is 12.2 Å². The standard InChI is InChI=1S/C33H65NO5/c1-3-5-7-9-11-13-15-17-19-21-23-25-27-31(37)33(39)34-29(28-35)32(38)30(36)26-24-22-20-18-16-14-12-10-8-6-4-2/h17,19,29-32,35-38H,3-16,18,20-28H2,1-2H3,(H,34,39)/b19-17-. The molecule has 0 fully saturated rings. The topological polar surface area (TPSA) is 110 Å². The summed E-state index contributed by atoms with van der Waals surface area (Å²) in [4.78, 5) is 12.4. The van der Waals surface area contributed by atoms with Crippen LogP contribution in [0.1, 0.15) is 162 Å². The third-order valence-corrected chi connectivity index (χ3v) is 7.73. The highest BCUT2D eigenvalue weighted by molar-refractivity contribution is 5.80. The van der Waals surface area contributed by atoms with Crippen LogP contribution in [0.5, 0.6) is 0 Å². The molecule has 0 bridgehead atoms. The van der Waals surface area contributed by atoms with Crippen LogP contribution in [0.3, 0.4) is 0 Å². The normalized spacial score (nSPS) is 14.9. The van der Waals surface area contributed by atoms with E-state index in [0.717, 1.165) is 44.9 Å². The number of amides is 1. The molecule has 39 heavy (non-hydrogen) atoms. The summed E-state index contributed by atoms with van der Waals surface area (Å²) in [5.74, 6) is -0.603. The van der Waals surface area contributed by atoms with Crippen LogP contribution in [0, 0.1) is 0 Å². The Balaban J connectivity index is 3.91. The molecule has 0 spiro atoms. The molecule has 0 aromatic rings. The van der Waals surface area contributed by atoms with Crippen LogP contribution in [-0.2, 0) is 4.79 Å². The van der Waals surface area contributed by atoms with Crippen LogP contribution in [0.4, 0.5) is 0 Å². The molecule has 0 saturated carbocycles. The number of hydrogen-bond acceptors (Lipinski definition) is 5. The van der Waals surface area contributed by atoms with Gasteiger partial charge in [-0.05, 0) is 38.5 Å². The predicted octanol–water partition coefficient (Wildman–Crippen LogP) is 7.11. The van der Waals surface area contributed by atoms with E-state index in [0.29, 0.717) is 12.8 Å². The first-order valence-corrected chi connectivity index (χ1v) is 16.6. The number of aliphatic hydroxyl groups is 4. The minimum absolute atomic E-state index is 0.340. The molecule has 6 heteroatoms. The van der Waals surface area contributed by atoms with Crippen molar-refractivity contribution in [3.8, 4) is 0 Å². The molecule has 5 N–H and O–H groups in total. The zero-order valence-electron chi connectivity index (χ0n) is 25.6. The monoisotopic (exact) mass is 555 g/mol. The first-order chi connectivity index (χ1) is 19.0. The van der Waals surface area contributed by atoms with Crippen molar-refractivity contribution in [3.63, 3.8) is 0 Å². The fourth-order valence-corrected chi connectivity index (χ4v) is 4.98. The van der Waals surface area contributed by atoms with Crippen molar-refractivity contribution < 1.29 is 25.2 Å². The third kappa shape index (κ3) is 23.5. The van der Waals surface area contributed by atoms with E-state index in [1.807, 2.05) is 0 Å². The Morgan fingerprint density at radius 3 is 1.51 bits per heavy atom. The Bertz CT molecular complexity index is 556. The zero-order valence-corrected chi connectivity index (χ0v) is 25.6. The minimum Gasteiger partial charge on any atom is -0.394 e. The van der Waals surface area contributed by atoms with Gasteiger partial charge in [-0.2, -0.15) is 0 Å². The number of carbonyl (C=O) groups is 1. The summed E-state index contributed by atoms with van der Waals surface area (Å²) in [6.45, 7) is 3.98. The van der Waals surface area contributed by atoms with Crippen molar-refractivity contribution in [2.24, 2.45) is 0 Å². The van der Waals surface area contributed by atoms with Gasteiger partial charge in [0.15, 0.2) is 0 Å². The van der Waals surface area contributed by atoms with E-state index in [-0.39, 0.29) is 0 Å². The van der Waals surface area contributed by atoms with Gasteiger partial charge in [0.05, 0.1) is 18.8 Å². The van der Waals surface area contributed by atoms with Crippen molar-refractivity contribution in [2.75, 3.05) is 6.61 Å². The summed E-state index contributed by atoms with van der Waals surface area (Å²) in [6.07, 6.45) is 26.6. The Kier molecular flexibility index (Phi) is 27.9. The number of unbranched alkanes of at least 4 members (excludes halogenated alkanes) is 18. The molecule has 0 heterocycles. The molecule has 1 amide bonds. The van der Waals surface area contributed by atoms with Crippen LogP contribution < -0.4 is 5.32 Å². The van der Waals surface area contributed by atoms with Gasteiger partial charge in [-0.1, -0.05) is 135 Å². The van der Waals surface area contributed by atoms with Gasteiger partial charge in [0.25, 0.3) is 0 Å². The molecular weight excluding hydrogens is 490 g/mol. The fraction of sp³-hybridized carbons (Fsp3) is 0.909.